The zero-order valence-corrected chi connectivity index (χ0v) is 8.73. The summed E-state index contributed by atoms with van der Waals surface area (Å²) in [4.78, 5) is 0. The van der Waals surface area contributed by atoms with Crippen LogP contribution in [0, 0.1) is 0 Å². The Morgan fingerprint density at radius 1 is 1.09 bits per heavy atom. The van der Waals surface area contributed by atoms with Crippen LogP contribution in [0.5, 0.6) is 0 Å². The predicted octanol–water partition coefficient (Wildman–Crippen LogP) is 1.72. The maximum Gasteiger partial charge on any atom is 0.110 e. The first-order valence-electron chi connectivity index (χ1n) is 4.36. The number of hydrogen-bond donors (Lipinski definition) is 1. The van der Waals surface area contributed by atoms with E-state index in [9.17, 15) is 0 Å². The van der Waals surface area contributed by atoms with Gasteiger partial charge < -0.3 is 8.67 Å². The van der Waals surface area contributed by atoms with Crippen LogP contribution in [0.25, 0.3) is 0 Å². The van der Waals surface area contributed by atoms with Crippen LogP contribution in [0.1, 0.15) is 20.8 Å². The van der Waals surface area contributed by atoms with Gasteiger partial charge in [-0.05, 0) is 33.7 Å². The molecule has 0 heterocycles. The van der Waals surface area contributed by atoms with Gasteiger partial charge in [0.25, 0.3) is 0 Å². The van der Waals surface area contributed by atoms with Crippen LogP contribution >= 0.6 is 12.9 Å². The Kier molecular flexibility index (Phi) is 6.01. The highest BCUT2D eigenvalue weighted by Crippen LogP contribution is 2.05. The Labute approximate surface area is 75.7 Å². The molecule has 0 fully saturated rings. The van der Waals surface area contributed by atoms with E-state index in [0.717, 1.165) is 17.6 Å². The van der Waals surface area contributed by atoms with Gasteiger partial charge in [-0.3, -0.25) is 0 Å². The summed E-state index contributed by atoms with van der Waals surface area (Å²) in [6.07, 6.45) is 0. The van der Waals surface area contributed by atoms with Crippen LogP contribution < -0.4 is 0 Å². The van der Waals surface area contributed by atoms with Crippen molar-refractivity contribution in [3.63, 3.8) is 0 Å². The van der Waals surface area contributed by atoms with Gasteiger partial charge >= 0.3 is 0 Å². The zero-order valence-electron chi connectivity index (χ0n) is 7.84. The predicted molar refractivity (Wildman–Crippen MR) is 51.7 cm³/mol. The van der Waals surface area contributed by atoms with E-state index in [2.05, 4.69) is 33.7 Å². The second kappa shape index (κ2) is 5.86. The molecule has 0 N–H and O–H groups in total. The van der Waals surface area contributed by atoms with Gasteiger partial charge in [0, 0.05) is 0 Å². The van der Waals surface area contributed by atoms with Gasteiger partial charge in [-0.25, -0.2) is 0 Å². The molecule has 11 heavy (non-hydrogen) atoms. The highest BCUT2D eigenvalue weighted by atomic mass is 32.1. The lowest BCUT2D eigenvalue weighted by Crippen LogP contribution is -2.49. The number of hydrogen-bond acceptors (Lipinski definition) is 2. The van der Waals surface area contributed by atoms with E-state index in [-0.39, 0.29) is 0 Å². The molecular weight excluding hydrogens is 158 g/mol. The average molecular weight is 178 g/mol. The van der Waals surface area contributed by atoms with E-state index in [4.69, 9.17) is 4.18 Å². The first-order chi connectivity index (χ1) is 5.24. The molecule has 0 rings (SSSR count). The second-order valence-corrected chi connectivity index (χ2v) is 3.11. The molecule has 0 spiro atoms. The molecule has 2 nitrogen and oxygen atoms in total. The van der Waals surface area contributed by atoms with Crippen molar-refractivity contribution in [3.8, 4) is 0 Å². The Balaban J connectivity index is 3.84. The van der Waals surface area contributed by atoms with E-state index < -0.39 is 0 Å². The highest BCUT2D eigenvalue weighted by molar-refractivity contribution is 7.75. The third-order valence-electron chi connectivity index (χ3n) is 2.67. The van der Waals surface area contributed by atoms with E-state index >= 15 is 0 Å². The van der Waals surface area contributed by atoms with Gasteiger partial charge in [-0.15, -0.1) is 0 Å². The number of thiol groups is 1. The third kappa shape index (κ3) is 3.45. The van der Waals surface area contributed by atoms with E-state index in [1.165, 1.54) is 19.6 Å². The molecule has 0 radical (unpaired) electrons. The van der Waals surface area contributed by atoms with E-state index in [1.54, 1.807) is 0 Å². The summed E-state index contributed by atoms with van der Waals surface area (Å²) >= 11 is 3.74. The largest absolute Gasteiger partial charge is 0.322 e. The Morgan fingerprint density at radius 3 is 1.82 bits per heavy atom. The molecule has 0 aromatic rings. The van der Waals surface area contributed by atoms with Crippen molar-refractivity contribution in [2.75, 3.05) is 32.8 Å². The van der Waals surface area contributed by atoms with Gasteiger partial charge in [0.15, 0.2) is 0 Å². The standard InChI is InChI=1S/C8H19NOS/c1-4-9(5-2,6-3)7-8-10-11/h4-8H2,1-3H3/p+1. The zero-order chi connectivity index (χ0) is 8.74. The summed E-state index contributed by atoms with van der Waals surface area (Å²) in [5.41, 5.74) is 0. The Hall–Kier alpha value is 0.270. The number of likely N-dealkylation sites (N-methyl/N-ethyl adjacent to an activating group) is 1. The van der Waals surface area contributed by atoms with Crippen molar-refractivity contribution in [1.82, 2.24) is 0 Å². The lowest BCUT2D eigenvalue weighted by molar-refractivity contribution is -0.923. The average Bonchev–Trinajstić information content (AvgIpc) is 2.08. The summed E-state index contributed by atoms with van der Waals surface area (Å²) in [5.74, 6) is 0. The molecule has 0 saturated carbocycles. The molecule has 0 aromatic carbocycles. The molecular formula is C8H20NOS+. The quantitative estimate of drug-likeness (QED) is 0.370. The maximum absolute atomic E-state index is 4.78. The molecule has 0 aliphatic rings. The van der Waals surface area contributed by atoms with Crippen molar-refractivity contribution < 1.29 is 8.67 Å². The van der Waals surface area contributed by atoms with Gasteiger partial charge in [-0.1, -0.05) is 0 Å². The summed E-state index contributed by atoms with van der Waals surface area (Å²) in [6, 6.07) is 0. The molecule has 0 aliphatic carbocycles. The third-order valence-corrected chi connectivity index (χ3v) is 2.85. The highest BCUT2D eigenvalue weighted by Gasteiger charge is 2.19. The van der Waals surface area contributed by atoms with Crippen LogP contribution in [-0.4, -0.2) is 37.3 Å². The summed E-state index contributed by atoms with van der Waals surface area (Å²) in [6.45, 7) is 12.1. The molecule has 3 heteroatoms. The summed E-state index contributed by atoms with van der Waals surface area (Å²) in [7, 11) is 0. The Morgan fingerprint density at radius 2 is 1.55 bits per heavy atom. The van der Waals surface area contributed by atoms with E-state index in [0.29, 0.717) is 0 Å². The van der Waals surface area contributed by atoms with Crippen LogP contribution in [0.4, 0.5) is 0 Å². The molecule has 68 valence electrons. The summed E-state index contributed by atoms with van der Waals surface area (Å²) in [5, 5.41) is 0. The first kappa shape index (κ1) is 11.3. The van der Waals surface area contributed by atoms with Gasteiger partial charge in [-0.2, -0.15) is 0 Å². The van der Waals surface area contributed by atoms with Gasteiger partial charge in [0.05, 0.1) is 19.6 Å². The molecule has 0 aliphatic heterocycles. The molecule has 0 bridgehead atoms. The van der Waals surface area contributed by atoms with Crippen LogP contribution in [0.15, 0.2) is 0 Å². The Bertz CT molecular complexity index is 85.8. The number of nitrogens with zero attached hydrogens (tertiary/aromatic N) is 1. The van der Waals surface area contributed by atoms with Crippen molar-refractivity contribution in [2.24, 2.45) is 0 Å². The fourth-order valence-corrected chi connectivity index (χ4v) is 1.46. The van der Waals surface area contributed by atoms with Crippen LogP contribution in [0.3, 0.4) is 0 Å². The van der Waals surface area contributed by atoms with Crippen molar-refractivity contribution in [3.05, 3.63) is 0 Å². The topological polar surface area (TPSA) is 9.23 Å². The van der Waals surface area contributed by atoms with E-state index in [1.807, 2.05) is 0 Å². The minimum atomic E-state index is 0.749. The molecule has 0 amide bonds. The minimum Gasteiger partial charge on any atom is -0.322 e. The number of quaternary nitrogens is 1. The molecule has 0 saturated heterocycles. The second-order valence-electron chi connectivity index (χ2n) is 2.85. The lowest BCUT2D eigenvalue weighted by Gasteiger charge is -2.35. The van der Waals surface area contributed by atoms with Crippen molar-refractivity contribution >= 4 is 12.9 Å². The molecule has 0 unspecified atom stereocenters. The van der Waals surface area contributed by atoms with Crippen molar-refractivity contribution in [1.29, 1.82) is 0 Å². The van der Waals surface area contributed by atoms with Crippen LogP contribution in [0.2, 0.25) is 0 Å². The fourth-order valence-electron chi connectivity index (χ4n) is 1.38. The first-order valence-corrected chi connectivity index (χ1v) is 4.72. The monoisotopic (exact) mass is 178 g/mol. The van der Waals surface area contributed by atoms with Crippen LogP contribution in [-0.2, 0) is 4.18 Å². The maximum atomic E-state index is 4.78. The number of rotatable bonds is 6. The smallest absolute Gasteiger partial charge is 0.110 e. The minimum absolute atomic E-state index is 0.749. The lowest BCUT2D eigenvalue weighted by atomic mass is 10.3. The SMILES string of the molecule is CC[N+](CC)(CC)CCOS. The normalized spacial score (nSPS) is 12.0. The van der Waals surface area contributed by atoms with Gasteiger partial charge in [0.2, 0.25) is 0 Å². The fraction of sp³-hybridized carbons (Fsp3) is 1.00. The van der Waals surface area contributed by atoms with Gasteiger partial charge in [0.1, 0.15) is 13.2 Å². The van der Waals surface area contributed by atoms with Crippen molar-refractivity contribution in [2.45, 2.75) is 20.8 Å². The summed E-state index contributed by atoms with van der Waals surface area (Å²) < 4.78 is 5.92. The molecule has 0 aromatic heterocycles. The molecule has 0 atom stereocenters.